The molecule has 2 heterocycles. The van der Waals surface area contributed by atoms with Crippen LogP contribution in [-0.2, 0) is 0 Å². The Hall–Kier alpha value is -1.10. The molecule has 1 saturated heterocycles. The van der Waals surface area contributed by atoms with E-state index in [0.29, 0.717) is 24.6 Å². The van der Waals surface area contributed by atoms with E-state index in [1.54, 1.807) is 0 Å². The molecule has 0 bridgehead atoms. The molecule has 1 aromatic rings. The zero-order valence-corrected chi connectivity index (χ0v) is 11.9. The van der Waals surface area contributed by atoms with Gasteiger partial charge in [-0.25, -0.2) is 0 Å². The van der Waals surface area contributed by atoms with Crippen LogP contribution >= 0.6 is 11.6 Å². The second-order valence-electron chi connectivity index (χ2n) is 5.21. The molecule has 1 aliphatic heterocycles. The number of fused-ring (bicyclic) bond motifs is 1. The maximum Gasteiger partial charge on any atom is 0.322 e. The third-order valence-electron chi connectivity index (χ3n) is 4.12. The Kier molecular flexibility index (Phi) is 3.73. The predicted octanol–water partition coefficient (Wildman–Crippen LogP) is 2.69. The van der Waals surface area contributed by atoms with E-state index < -0.39 is 0 Å². The lowest BCUT2D eigenvalue weighted by Crippen LogP contribution is -2.36. The second kappa shape index (κ2) is 5.49. The number of hydrogen-bond donors (Lipinski definition) is 0. The van der Waals surface area contributed by atoms with Crippen molar-refractivity contribution in [2.75, 3.05) is 18.1 Å². The molecule has 2 fully saturated rings. The number of anilines is 1. The standard InChI is InChI=1S/C13H19ClN4O/c1-2-19-13-16-11(14)15-12(17-13)18-8-7-9-5-3-4-6-10(9)18/h9-10H,2-8H2,1H3. The van der Waals surface area contributed by atoms with E-state index in [2.05, 4.69) is 19.9 Å². The van der Waals surface area contributed by atoms with E-state index in [-0.39, 0.29) is 5.28 Å². The quantitative estimate of drug-likeness (QED) is 0.853. The third-order valence-corrected chi connectivity index (χ3v) is 4.29. The van der Waals surface area contributed by atoms with Crippen molar-refractivity contribution in [1.29, 1.82) is 0 Å². The van der Waals surface area contributed by atoms with Crippen LogP contribution < -0.4 is 9.64 Å². The van der Waals surface area contributed by atoms with E-state index in [9.17, 15) is 0 Å². The first kappa shape index (κ1) is 12.9. The Labute approximate surface area is 118 Å². The number of aromatic nitrogens is 3. The molecule has 2 unspecified atom stereocenters. The summed E-state index contributed by atoms with van der Waals surface area (Å²) in [7, 11) is 0. The van der Waals surface area contributed by atoms with Gasteiger partial charge in [-0.15, -0.1) is 0 Å². The van der Waals surface area contributed by atoms with Crippen LogP contribution in [0.15, 0.2) is 0 Å². The van der Waals surface area contributed by atoms with Gasteiger partial charge in [0.2, 0.25) is 11.2 Å². The van der Waals surface area contributed by atoms with Crippen LogP contribution in [-0.4, -0.2) is 34.1 Å². The molecule has 0 radical (unpaired) electrons. The van der Waals surface area contributed by atoms with Gasteiger partial charge < -0.3 is 9.64 Å². The lowest BCUT2D eigenvalue weighted by Gasteiger charge is -2.31. The highest BCUT2D eigenvalue weighted by Crippen LogP contribution is 2.38. The van der Waals surface area contributed by atoms with Gasteiger partial charge >= 0.3 is 6.01 Å². The number of halogens is 1. The van der Waals surface area contributed by atoms with E-state index in [0.717, 1.165) is 12.5 Å². The number of nitrogens with zero attached hydrogens (tertiary/aromatic N) is 4. The van der Waals surface area contributed by atoms with Gasteiger partial charge in [-0.3, -0.25) is 0 Å². The van der Waals surface area contributed by atoms with Crippen molar-refractivity contribution in [2.45, 2.75) is 45.1 Å². The normalized spacial score (nSPS) is 26.3. The minimum Gasteiger partial charge on any atom is -0.464 e. The topological polar surface area (TPSA) is 51.1 Å². The van der Waals surface area contributed by atoms with Crippen LogP contribution in [0.5, 0.6) is 6.01 Å². The van der Waals surface area contributed by atoms with Gasteiger partial charge in [-0.2, -0.15) is 15.0 Å². The Balaban J connectivity index is 1.85. The van der Waals surface area contributed by atoms with Crippen molar-refractivity contribution in [3.05, 3.63) is 5.28 Å². The summed E-state index contributed by atoms with van der Waals surface area (Å²) in [6.45, 7) is 3.46. The highest BCUT2D eigenvalue weighted by molar-refractivity contribution is 6.28. The lowest BCUT2D eigenvalue weighted by molar-refractivity contribution is 0.309. The zero-order chi connectivity index (χ0) is 13.2. The number of rotatable bonds is 3. The Bertz CT molecular complexity index is 456. The average molecular weight is 283 g/mol. The summed E-state index contributed by atoms with van der Waals surface area (Å²) in [6, 6.07) is 0.901. The Morgan fingerprint density at radius 2 is 2.05 bits per heavy atom. The fourth-order valence-electron chi connectivity index (χ4n) is 3.30. The molecule has 5 nitrogen and oxygen atoms in total. The minimum absolute atomic E-state index is 0.215. The molecule has 2 aliphatic rings. The van der Waals surface area contributed by atoms with Gasteiger partial charge in [0.25, 0.3) is 0 Å². The van der Waals surface area contributed by atoms with Crippen molar-refractivity contribution in [3.63, 3.8) is 0 Å². The van der Waals surface area contributed by atoms with Crippen molar-refractivity contribution in [1.82, 2.24) is 15.0 Å². The average Bonchev–Trinajstić information content (AvgIpc) is 2.82. The lowest BCUT2D eigenvalue weighted by atomic mass is 9.85. The zero-order valence-electron chi connectivity index (χ0n) is 11.2. The molecular formula is C13H19ClN4O. The van der Waals surface area contributed by atoms with Gasteiger partial charge in [0.05, 0.1) is 6.61 Å². The predicted molar refractivity (Wildman–Crippen MR) is 73.7 cm³/mol. The van der Waals surface area contributed by atoms with Gasteiger partial charge in [-0.05, 0) is 43.7 Å². The van der Waals surface area contributed by atoms with Crippen molar-refractivity contribution >= 4 is 17.5 Å². The van der Waals surface area contributed by atoms with Crippen molar-refractivity contribution < 1.29 is 4.74 Å². The molecule has 0 spiro atoms. The molecule has 19 heavy (non-hydrogen) atoms. The van der Waals surface area contributed by atoms with Crippen LogP contribution in [0.4, 0.5) is 5.95 Å². The van der Waals surface area contributed by atoms with Crippen molar-refractivity contribution in [2.24, 2.45) is 5.92 Å². The molecule has 1 saturated carbocycles. The minimum atomic E-state index is 0.215. The van der Waals surface area contributed by atoms with Crippen LogP contribution in [0.2, 0.25) is 5.28 Å². The third kappa shape index (κ3) is 2.61. The number of hydrogen-bond acceptors (Lipinski definition) is 5. The first-order valence-electron chi connectivity index (χ1n) is 7.09. The molecule has 6 heteroatoms. The van der Waals surface area contributed by atoms with Crippen LogP contribution in [0.1, 0.15) is 39.0 Å². The first-order valence-corrected chi connectivity index (χ1v) is 7.46. The van der Waals surface area contributed by atoms with E-state index in [1.807, 2.05) is 6.92 Å². The van der Waals surface area contributed by atoms with Gasteiger partial charge in [-0.1, -0.05) is 12.8 Å². The summed E-state index contributed by atoms with van der Waals surface area (Å²) in [5, 5.41) is 0.215. The summed E-state index contributed by atoms with van der Waals surface area (Å²) >= 11 is 5.97. The van der Waals surface area contributed by atoms with Crippen LogP contribution in [0, 0.1) is 5.92 Å². The molecular weight excluding hydrogens is 264 g/mol. The van der Waals surface area contributed by atoms with E-state index >= 15 is 0 Å². The summed E-state index contributed by atoms with van der Waals surface area (Å²) in [5.41, 5.74) is 0. The Morgan fingerprint density at radius 1 is 1.21 bits per heavy atom. The summed E-state index contributed by atoms with van der Waals surface area (Å²) in [4.78, 5) is 15.0. The smallest absolute Gasteiger partial charge is 0.322 e. The largest absolute Gasteiger partial charge is 0.464 e. The van der Waals surface area contributed by atoms with Gasteiger partial charge in [0.15, 0.2) is 0 Å². The number of ether oxygens (including phenoxy) is 1. The van der Waals surface area contributed by atoms with Crippen LogP contribution in [0.3, 0.4) is 0 Å². The second-order valence-corrected chi connectivity index (χ2v) is 5.55. The van der Waals surface area contributed by atoms with E-state index in [4.69, 9.17) is 16.3 Å². The van der Waals surface area contributed by atoms with E-state index in [1.165, 1.54) is 32.1 Å². The highest BCUT2D eigenvalue weighted by atomic mass is 35.5. The molecule has 104 valence electrons. The van der Waals surface area contributed by atoms with Crippen LogP contribution in [0.25, 0.3) is 0 Å². The van der Waals surface area contributed by atoms with Crippen molar-refractivity contribution in [3.8, 4) is 6.01 Å². The fraction of sp³-hybridized carbons (Fsp3) is 0.769. The summed E-state index contributed by atoms with van der Waals surface area (Å²) in [5.74, 6) is 1.47. The molecule has 0 aromatic carbocycles. The first-order chi connectivity index (χ1) is 9.28. The fourth-order valence-corrected chi connectivity index (χ4v) is 3.45. The summed E-state index contributed by atoms with van der Waals surface area (Å²) in [6.07, 6.45) is 6.46. The maximum absolute atomic E-state index is 5.97. The molecule has 1 aliphatic carbocycles. The molecule has 2 atom stereocenters. The maximum atomic E-state index is 5.97. The monoisotopic (exact) mass is 282 g/mol. The van der Waals surface area contributed by atoms with Gasteiger partial charge in [0, 0.05) is 12.6 Å². The van der Waals surface area contributed by atoms with Gasteiger partial charge in [0.1, 0.15) is 0 Å². The molecule has 3 rings (SSSR count). The molecule has 0 N–H and O–H groups in total. The Morgan fingerprint density at radius 3 is 2.89 bits per heavy atom. The SMILES string of the molecule is CCOc1nc(Cl)nc(N2CCC3CCCCC32)n1. The molecule has 0 amide bonds. The summed E-state index contributed by atoms with van der Waals surface area (Å²) < 4.78 is 5.35. The molecule has 1 aromatic heterocycles. The highest BCUT2D eigenvalue weighted by Gasteiger charge is 2.37.